The number of aliphatic hydroxyl groups is 1. The van der Waals surface area contributed by atoms with Crippen LogP contribution in [0.1, 0.15) is 12.5 Å². The molecule has 1 aromatic carbocycles. The van der Waals surface area contributed by atoms with Crippen LogP contribution in [0.15, 0.2) is 28.9 Å². The predicted molar refractivity (Wildman–Crippen MR) is 77.7 cm³/mol. The highest BCUT2D eigenvalue weighted by Gasteiger charge is 2.22. The van der Waals surface area contributed by atoms with Gasteiger partial charge in [0, 0.05) is 6.54 Å². The molecule has 23 heavy (non-hydrogen) atoms. The van der Waals surface area contributed by atoms with Crippen LogP contribution in [0.25, 0.3) is 6.08 Å². The van der Waals surface area contributed by atoms with E-state index < -0.39 is 24.4 Å². The smallest absolute Gasteiger partial charge is 0.387 e. The van der Waals surface area contributed by atoms with Gasteiger partial charge >= 0.3 is 6.61 Å². The first-order valence-electron chi connectivity index (χ1n) is 6.65. The molecule has 1 amide bonds. The Morgan fingerprint density at radius 2 is 2.22 bits per heavy atom. The zero-order valence-electron chi connectivity index (χ0n) is 12.1. The number of phenolic OH excluding ortho intramolecular Hbond substituents is 1. The molecule has 1 unspecified atom stereocenters. The largest absolute Gasteiger partial charge is 0.504 e. The van der Waals surface area contributed by atoms with Gasteiger partial charge in [-0.15, -0.1) is 0 Å². The summed E-state index contributed by atoms with van der Waals surface area (Å²) in [5, 5.41) is 19.9. The lowest BCUT2D eigenvalue weighted by Gasteiger charge is -2.14. The number of rotatable bonds is 6. The van der Waals surface area contributed by atoms with E-state index in [-0.39, 0.29) is 18.0 Å². The quantitative estimate of drug-likeness (QED) is 0.680. The minimum Gasteiger partial charge on any atom is -0.504 e. The Morgan fingerprint density at radius 3 is 2.83 bits per heavy atom. The Labute approximate surface area is 130 Å². The molecule has 0 aromatic heterocycles. The van der Waals surface area contributed by atoms with Gasteiger partial charge in [0.1, 0.15) is 12.0 Å². The normalized spacial score (nSPS) is 17.3. The molecule has 1 aliphatic rings. The van der Waals surface area contributed by atoms with Crippen LogP contribution < -0.4 is 10.2 Å². The number of hydrogen-bond donors (Lipinski definition) is 3. The number of aromatic hydroxyl groups is 1. The van der Waals surface area contributed by atoms with E-state index >= 15 is 0 Å². The fourth-order valence-electron chi connectivity index (χ4n) is 1.77. The Kier molecular flexibility index (Phi) is 5.24. The number of carbonyl (C=O) groups excluding carboxylic acids is 1. The maximum atomic E-state index is 12.1. The highest BCUT2D eigenvalue weighted by atomic mass is 19.3. The zero-order chi connectivity index (χ0) is 17.0. The second-order valence-corrected chi connectivity index (χ2v) is 4.77. The van der Waals surface area contributed by atoms with E-state index in [2.05, 4.69) is 15.2 Å². The summed E-state index contributed by atoms with van der Waals surface area (Å²) in [6.07, 6.45) is 2.00. The van der Waals surface area contributed by atoms with E-state index in [9.17, 15) is 18.7 Å². The number of phenols is 1. The van der Waals surface area contributed by atoms with Crippen molar-refractivity contribution in [2.45, 2.75) is 19.6 Å². The van der Waals surface area contributed by atoms with Crippen LogP contribution >= 0.6 is 0 Å². The molecule has 1 heterocycles. The average Bonchev–Trinajstić information content (AvgIpc) is 2.80. The summed E-state index contributed by atoms with van der Waals surface area (Å²) in [7, 11) is 0. The van der Waals surface area contributed by atoms with Gasteiger partial charge in [-0.25, -0.2) is 15.4 Å². The van der Waals surface area contributed by atoms with Crippen molar-refractivity contribution < 1.29 is 28.5 Å². The average molecular weight is 327 g/mol. The molecule has 124 valence electrons. The van der Waals surface area contributed by atoms with Crippen molar-refractivity contribution in [3.8, 4) is 11.5 Å². The van der Waals surface area contributed by atoms with E-state index in [0.29, 0.717) is 5.56 Å². The van der Waals surface area contributed by atoms with Gasteiger partial charge in [0.25, 0.3) is 5.91 Å². The molecule has 7 nitrogen and oxygen atoms in total. The van der Waals surface area contributed by atoms with E-state index in [1.54, 1.807) is 6.92 Å². The number of carbonyl (C=O) groups is 1. The summed E-state index contributed by atoms with van der Waals surface area (Å²) in [5.41, 5.74) is 3.16. The highest BCUT2D eigenvalue weighted by Crippen LogP contribution is 2.29. The van der Waals surface area contributed by atoms with Gasteiger partial charge in [-0.3, -0.25) is 4.79 Å². The summed E-state index contributed by atoms with van der Waals surface area (Å²) in [4.78, 5) is 15.9. The minimum absolute atomic E-state index is 0.0880. The number of aliphatic hydroxyl groups excluding tert-OH is 1. The molecule has 2 rings (SSSR count). The third-order valence-corrected chi connectivity index (χ3v) is 2.81. The first kappa shape index (κ1) is 16.8. The number of hydrazine groups is 1. The first-order chi connectivity index (χ1) is 10.9. The molecule has 3 N–H and O–H groups in total. The molecular formula is C14H15F2N3O4. The molecule has 0 aliphatic carbocycles. The van der Waals surface area contributed by atoms with Crippen molar-refractivity contribution in [3.05, 3.63) is 29.5 Å². The Morgan fingerprint density at radius 1 is 1.48 bits per heavy atom. The fraction of sp³-hybridized carbons (Fsp3) is 0.286. The number of benzene rings is 1. The number of alkyl halides is 2. The lowest BCUT2D eigenvalue weighted by molar-refractivity contribution is -0.124. The lowest BCUT2D eigenvalue weighted by atomic mass is 10.1. The Bertz CT molecular complexity index is 647. The van der Waals surface area contributed by atoms with Gasteiger partial charge < -0.3 is 14.9 Å². The SMILES string of the molecule is CC(O)CNN1C=N/C(=C\c2ccc(OC(F)F)c(O)c2)C1=O. The molecule has 0 spiro atoms. The number of ether oxygens (including phenoxy) is 1. The number of nitrogens with one attached hydrogen (secondary N) is 1. The van der Waals surface area contributed by atoms with Crippen molar-refractivity contribution in [1.82, 2.24) is 10.4 Å². The monoisotopic (exact) mass is 327 g/mol. The van der Waals surface area contributed by atoms with Crippen LogP contribution in [-0.2, 0) is 4.79 Å². The van der Waals surface area contributed by atoms with Crippen LogP contribution in [0, 0.1) is 0 Å². The van der Waals surface area contributed by atoms with Gasteiger partial charge in [-0.2, -0.15) is 8.78 Å². The molecular weight excluding hydrogens is 312 g/mol. The van der Waals surface area contributed by atoms with E-state index in [1.165, 1.54) is 30.6 Å². The van der Waals surface area contributed by atoms with E-state index in [4.69, 9.17) is 5.11 Å². The van der Waals surface area contributed by atoms with Crippen LogP contribution in [0.3, 0.4) is 0 Å². The van der Waals surface area contributed by atoms with Crippen LogP contribution in [-0.4, -0.2) is 46.7 Å². The van der Waals surface area contributed by atoms with Crippen molar-refractivity contribution in [2.75, 3.05) is 6.54 Å². The minimum atomic E-state index is -3.04. The fourth-order valence-corrected chi connectivity index (χ4v) is 1.77. The number of amides is 1. The van der Waals surface area contributed by atoms with Crippen molar-refractivity contribution in [1.29, 1.82) is 0 Å². The Balaban J connectivity index is 2.09. The summed E-state index contributed by atoms with van der Waals surface area (Å²) >= 11 is 0. The first-order valence-corrected chi connectivity index (χ1v) is 6.65. The van der Waals surface area contributed by atoms with Gasteiger partial charge in [-0.05, 0) is 30.7 Å². The summed E-state index contributed by atoms with van der Waals surface area (Å²) < 4.78 is 28.3. The summed E-state index contributed by atoms with van der Waals surface area (Å²) in [6, 6.07) is 3.75. The maximum absolute atomic E-state index is 12.1. The summed E-state index contributed by atoms with van der Waals surface area (Å²) in [6.45, 7) is -1.31. The highest BCUT2D eigenvalue weighted by molar-refractivity contribution is 6.07. The van der Waals surface area contributed by atoms with Gasteiger partial charge in [0.15, 0.2) is 11.5 Å². The number of nitrogens with zero attached hydrogens (tertiary/aromatic N) is 2. The molecule has 1 aliphatic heterocycles. The third kappa shape index (κ3) is 4.47. The van der Waals surface area contributed by atoms with Crippen LogP contribution in [0.4, 0.5) is 8.78 Å². The van der Waals surface area contributed by atoms with Crippen molar-refractivity contribution in [2.24, 2.45) is 4.99 Å². The molecule has 0 saturated carbocycles. The molecule has 1 atom stereocenters. The van der Waals surface area contributed by atoms with Gasteiger partial charge in [-0.1, -0.05) is 6.07 Å². The Hall–Kier alpha value is -2.52. The van der Waals surface area contributed by atoms with Gasteiger partial charge in [0.05, 0.1) is 6.10 Å². The topological polar surface area (TPSA) is 94.4 Å². The van der Waals surface area contributed by atoms with E-state index in [0.717, 1.165) is 5.01 Å². The van der Waals surface area contributed by atoms with Crippen molar-refractivity contribution in [3.63, 3.8) is 0 Å². The molecule has 9 heteroatoms. The third-order valence-electron chi connectivity index (χ3n) is 2.81. The van der Waals surface area contributed by atoms with Gasteiger partial charge in [0.2, 0.25) is 0 Å². The standard InChI is InChI=1S/C14H15F2N3O4/c1-8(20)6-18-19-7-17-10(13(19)22)4-9-2-3-12(11(21)5-9)23-14(15)16/h2-5,7-8,14,18,20-21H,6H2,1H3/b10-4-. The van der Waals surface area contributed by atoms with E-state index in [1.807, 2.05) is 0 Å². The molecule has 1 aromatic rings. The summed E-state index contributed by atoms with van der Waals surface area (Å²) in [5.74, 6) is -1.28. The number of hydrogen-bond acceptors (Lipinski definition) is 6. The lowest BCUT2D eigenvalue weighted by Crippen LogP contribution is -2.42. The van der Waals surface area contributed by atoms with Crippen LogP contribution in [0.5, 0.6) is 11.5 Å². The number of halogens is 2. The molecule has 0 fully saturated rings. The number of aliphatic imine (C=N–C) groups is 1. The molecule has 0 bridgehead atoms. The molecule has 0 saturated heterocycles. The predicted octanol–water partition coefficient (Wildman–Crippen LogP) is 1.09. The van der Waals surface area contributed by atoms with Crippen molar-refractivity contribution >= 4 is 18.3 Å². The zero-order valence-corrected chi connectivity index (χ0v) is 12.1. The molecule has 0 radical (unpaired) electrons. The van der Waals surface area contributed by atoms with Crippen LogP contribution in [0.2, 0.25) is 0 Å². The maximum Gasteiger partial charge on any atom is 0.387 e. The second kappa shape index (κ2) is 7.16. The second-order valence-electron chi connectivity index (χ2n) is 4.77.